The van der Waals surface area contributed by atoms with E-state index in [0.717, 1.165) is 20.5 Å². The van der Waals surface area contributed by atoms with Crippen LogP contribution in [0.5, 0.6) is 0 Å². The number of amides is 2. The molecule has 2 aromatic carbocycles. The lowest BCUT2D eigenvalue weighted by atomic mass is 9.87. The lowest BCUT2D eigenvalue weighted by molar-refractivity contribution is 0.210. The number of carbonyl (C=O) groups is 1. The summed E-state index contributed by atoms with van der Waals surface area (Å²) in [5.74, 6) is 0.571. The van der Waals surface area contributed by atoms with E-state index in [1.54, 1.807) is 0 Å². The van der Waals surface area contributed by atoms with Crippen molar-refractivity contribution in [3.05, 3.63) is 57.3 Å². The number of aromatic nitrogens is 1. The molecule has 1 saturated heterocycles. The van der Waals surface area contributed by atoms with Crippen molar-refractivity contribution >= 4 is 50.9 Å². The van der Waals surface area contributed by atoms with E-state index in [1.165, 1.54) is 62.0 Å². The summed E-state index contributed by atoms with van der Waals surface area (Å²) in [5.41, 5.74) is 5.42. The first-order chi connectivity index (χ1) is 15.0. The number of nitrogens with one attached hydrogen (secondary N) is 3. The molecule has 3 N–H and O–H groups in total. The van der Waals surface area contributed by atoms with E-state index in [9.17, 15) is 4.79 Å². The fraction of sp³-hybridized carbons (Fsp3) is 0.400. The van der Waals surface area contributed by atoms with Gasteiger partial charge in [-0.05, 0) is 116 Å². The number of hydrogen-bond donors (Lipinski definition) is 3. The van der Waals surface area contributed by atoms with Crippen LogP contribution in [0.3, 0.4) is 0 Å². The minimum atomic E-state index is -0.223. The third-order valence-electron chi connectivity index (χ3n) is 6.20. The number of unbranched alkanes of at least 4 members (excludes halogenated alkanes) is 1. The van der Waals surface area contributed by atoms with Crippen LogP contribution in [0, 0.1) is 10.5 Å². The predicted octanol–water partition coefficient (Wildman–Crippen LogP) is 6.70. The van der Waals surface area contributed by atoms with E-state index in [-0.39, 0.29) is 6.03 Å². The van der Waals surface area contributed by atoms with Crippen LogP contribution in [0.4, 0.5) is 16.2 Å². The van der Waals surface area contributed by atoms with Gasteiger partial charge in [-0.25, -0.2) is 4.79 Å². The van der Waals surface area contributed by atoms with Crippen molar-refractivity contribution in [2.45, 2.75) is 45.4 Å². The van der Waals surface area contributed by atoms with Crippen LogP contribution in [-0.4, -0.2) is 35.5 Å². The molecule has 3 aromatic rings. The molecule has 31 heavy (non-hydrogen) atoms. The van der Waals surface area contributed by atoms with Gasteiger partial charge in [0.2, 0.25) is 0 Å². The Morgan fingerprint density at radius 1 is 1.13 bits per heavy atom. The van der Waals surface area contributed by atoms with Crippen LogP contribution in [0.2, 0.25) is 0 Å². The first-order valence-corrected chi connectivity index (χ1v) is 12.3. The van der Waals surface area contributed by atoms with Crippen LogP contribution in [0.15, 0.2) is 42.5 Å². The van der Waals surface area contributed by atoms with Gasteiger partial charge in [0.05, 0.1) is 0 Å². The number of aromatic amines is 1. The Hall–Kier alpha value is -2.06. The van der Waals surface area contributed by atoms with Crippen LogP contribution in [0.1, 0.15) is 49.8 Å². The van der Waals surface area contributed by atoms with Crippen LogP contribution >= 0.6 is 22.6 Å². The molecule has 164 valence electrons. The van der Waals surface area contributed by atoms with Gasteiger partial charge in [-0.15, -0.1) is 0 Å². The van der Waals surface area contributed by atoms with Gasteiger partial charge in [-0.1, -0.05) is 19.4 Å². The summed E-state index contributed by atoms with van der Waals surface area (Å²) in [6.45, 7) is 8.00. The van der Waals surface area contributed by atoms with Gasteiger partial charge in [-0.3, -0.25) is 0 Å². The first kappa shape index (κ1) is 22.1. The topological polar surface area (TPSA) is 60.2 Å². The van der Waals surface area contributed by atoms with E-state index >= 15 is 0 Å². The lowest BCUT2D eigenvalue weighted by Gasteiger charge is -2.32. The Bertz CT molecular complexity index is 1050. The summed E-state index contributed by atoms with van der Waals surface area (Å²) >= 11 is 2.24. The summed E-state index contributed by atoms with van der Waals surface area (Å²) in [6, 6.07) is 13.7. The van der Waals surface area contributed by atoms with Crippen molar-refractivity contribution in [1.82, 2.24) is 9.88 Å². The number of piperidine rings is 1. The molecule has 2 heterocycles. The van der Waals surface area contributed by atoms with Gasteiger partial charge in [0, 0.05) is 31.5 Å². The Labute approximate surface area is 198 Å². The van der Waals surface area contributed by atoms with E-state index < -0.39 is 0 Å². The normalized spacial score (nSPS) is 15.3. The Kier molecular flexibility index (Phi) is 7.17. The number of carbonyl (C=O) groups excluding carboxylic acids is 1. The van der Waals surface area contributed by atoms with Gasteiger partial charge >= 0.3 is 6.03 Å². The van der Waals surface area contributed by atoms with Crippen molar-refractivity contribution in [2.24, 2.45) is 0 Å². The van der Waals surface area contributed by atoms with Crippen molar-refractivity contribution < 1.29 is 4.79 Å². The molecule has 1 aromatic heterocycles. The zero-order valence-corrected chi connectivity index (χ0v) is 20.5. The molecule has 0 saturated carbocycles. The average Bonchev–Trinajstić information content (AvgIpc) is 3.07. The molecule has 0 unspecified atom stereocenters. The number of nitrogens with zero attached hydrogens (tertiary/aromatic N) is 1. The third kappa shape index (κ3) is 5.41. The van der Waals surface area contributed by atoms with Crippen LogP contribution in [0.25, 0.3) is 10.9 Å². The molecule has 2 amide bonds. The summed E-state index contributed by atoms with van der Waals surface area (Å²) in [4.78, 5) is 18.7. The largest absolute Gasteiger partial charge is 0.358 e. The number of urea groups is 1. The maximum absolute atomic E-state index is 12.5. The lowest BCUT2D eigenvalue weighted by Crippen LogP contribution is -2.33. The molecule has 0 bridgehead atoms. The highest BCUT2D eigenvalue weighted by Crippen LogP contribution is 2.36. The van der Waals surface area contributed by atoms with E-state index in [2.05, 4.69) is 69.1 Å². The minimum Gasteiger partial charge on any atom is -0.358 e. The second-order valence-electron chi connectivity index (χ2n) is 8.48. The minimum absolute atomic E-state index is 0.223. The number of likely N-dealkylation sites (tertiary alicyclic amines) is 1. The summed E-state index contributed by atoms with van der Waals surface area (Å²) in [6.07, 6.45) is 4.94. The van der Waals surface area contributed by atoms with Crippen molar-refractivity contribution in [2.75, 3.05) is 30.3 Å². The highest BCUT2D eigenvalue weighted by Gasteiger charge is 2.24. The molecule has 1 aliphatic rings. The Morgan fingerprint density at radius 2 is 1.87 bits per heavy atom. The number of rotatable bonds is 6. The highest BCUT2D eigenvalue weighted by molar-refractivity contribution is 14.1. The molecule has 4 rings (SSSR count). The van der Waals surface area contributed by atoms with Gasteiger partial charge in [0.15, 0.2) is 0 Å². The number of fused-ring (bicyclic) bond motifs is 1. The van der Waals surface area contributed by atoms with E-state index in [4.69, 9.17) is 0 Å². The maximum atomic E-state index is 12.5. The maximum Gasteiger partial charge on any atom is 0.323 e. The van der Waals surface area contributed by atoms with Crippen LogP contribution in [-0.2, 0) is 0 Å². The van der Waals surface area contributed by atoms with E-state index in [0.29, 0.717) is 5.92 Å². The SMILES string of the molecule is CCCCN1CCC(c2c(C)[nH]c3ccc(NC(=O)Nc4cccc(I)c4)cc23)CC1. The number of benzene rings is 2. The molecule has 0 radical (unpaired) electrons. The molecular formula is C25H31IN4O. The summed E-state index contributed by atoms with van der Waals surface area (Å²) < 4.78 is 1.09. The smallest absolute Gasteiger partial charge is 0.323 e. The molecule has 6 heteroatoms. The summed E-state index contributed by atoms with van der Waals surface area (Å²) in [7, 11) is 0. The predicted molar refractivity (Wildman–Crippen MR) is 138 cm³/mol. The van der Waals surface area contributed by atoms with E-state index in [1.807, 2.05) is 30.3 Å². The van der Waals surface area contributed by atoms with Gasteiger partial charge in [0.1, 0.15) is 0 Å². The quantitative estimate of drug-likeness (QED) is 0.311. The average molecular weight is 530 g/mol. The zero-order valence-electron chi connectivity index (χ0n) is 18.3. The zero-order chi connectivity index (χ0) is 21.8. The fourth-order valence-corrected chi connectivity index (χ4v) is 5.18. The fourth-order valence-electron chi connectivity index (χ4n) is 4.64. The van der Waals surface area contributed by atoms with Gasteiger partial charge in [0.25, 0.3) is 0 Å². The number of anilines is 2. The molecule has 5 nitrogen and oxygen atoms in total. The Balaban J connectivity index is 1.48. The monoisotopic (exact) mass is 530 g/mol. The Morgan fingerprint density at radius 3 is 2.58 bits per heavy atom. The molecule has 0 spiro atoms. The number of H-pyrrole nitrogens is 1. The van der Waals surface area contributed by atoms with Gasteiger partial charge < -0.3 is 20.5 Å². The number of halogens is 1. The number of hydrogen-bond acceptors (Lipinski definition) is 2. The molecular weight excluding hydrogens is 499 g/mol. The van der Waals surface area contributed by atoms with Gasteiger partial charge in [-0.2, -0.15) is 0 Å². The molecule has 1 fully saturated rings. The van der Waals surface area contributed by atoms with Crippen molar-refractivity contribution in [3.63, 3.8) is 0 Å². The standard InChI is InChI=1S/C25H31IN4O/c1-3-4-12-30-13-10-18(11-14-30)24-17(2)27-23-9-8-21(16-22(23)24)29-25(31)28-20-7-5-6-19(26)15-20/h5-9,15-16,18,27H,3-4,10-14H2,1-2H3,(H2,28,29,31). The van der Waals surface area contributed by atoms with Crippen molar-refractivity contribution in [3.8, 4) is 0 Å². The highest BCUT2D eigenvalue weighted by atomic mass is 127. The molecule has 0 atom stereocenters. The number of aryl methyl sites for hydroxylation is 1. The van der Waals surface area contributed by atoms with Crippen molar-refractivity contribution in [1.29, 1.82) is 0 Å². The second-order valence-corrected chi connectivity index (χ2v) is 9.73. The summed E-state index contributed by atoms with van der Waals surface area (Å²) in [5, 5.41) is 7.15. The molecule has 0 aliphatic carbocycles. The molecule has 1 aliphatic heterocycles. The first-order valence-electron chi connectivity index (χ1n) is 11.2. The van der Waals surface area contributed by atoms with Crippen LogP contribution < -0.4 is 10.6 Å². The second kappa shape index (κ2) is 10.0. The third-order valence-corrected chi connectivity index (χ3v) is 6.87.